The third-order valence-electron chi connectivity index (χ3n) is 2.03. The summed E-state index contributed by atoms with van der Waals surface area (Å²) in [5.74, 6) is 0. The minimum absolute atomic E-state index is 0.694. The van der Waals surface area contributed by atoms with Gasteiger partial charge in [0, 0.05) is 0 Å². The van der Waals surface area contributed by atoms with Crippen LogP contribution < -0.4 is 0 Å². The van der Waals surface area contributed by atoms with Crippen molar-refractivity contribution in [2.45, 2.75) is 15.6 Å². The van der Waals surface area contributed by atoms with Crippen molar-refractivity contribution in [2.75, 3.05) is 0 Å². The number of aromatic nitrogens is 3. The van der Waals surface area contributed by atoms with Gasteiger partial charge in [0.1, 0.15) is 10.5 Å². The first-order valence-electron chi connectivity index (χ1n) is 4.75. The Balaban J connectivity index is 1.98. The number of rotatable bonds is 2. The molecule has 3 nitrogen and oxygen atoms in total. The topological polar surface area (TPSA) is 38.7 Å². The Hall–Kier alpha value is -0.690. The monoisotopic (exact) mass is 299 g/mol. The van der Waals surface area contributed by atoms with Crippen molar-refractivity contribution in [2.24, 2.45) is 0 Å². The molecule has 0 saturated heterocycles. The van der Waals surface area contributed by atoms with Gasteiger partial charge >= 0.3 is 0 Å². The SMILES string of the molecule is Cc1nnc(Sc2nc3c(Cl)cccc3s2)s1. The van der Waals surface area contributed by atoms with Gasteiger partial charge in [-0.1, -0.05) is 29.0 Å². The van der Waals surface area contributed by atoms with Gasteiger partial charge in [-0.2, -0.15) is 0 Å². The van der Waals surface area contributed by atoms with E-state index in [0.717, 1.165) is 23.9 Å². The fourth-order valence-corrected chi connectivity index (χ4v) is 4.71. The van der Waals surface area contributed by atoms with Gasteiger partial charge in [0.15, 0.2) is 8.68 Å². The van der Waals surface area contributed by atoms with Gasteiger partial charge in [0.25, 0.3) is 0 Å². The maximum Gasteiger partial charge on any atom is 0.181 e. The van der Waals surface area contributed by atoms with E-state index in [-0.39, 0.29) is 0 Å². The molecular formula is C10H6ClN3S3. The molecule has 86 valence electrons. The molecule has 0 N–H and O–H groups in total. The van der Waals surface area contributed by atoms with E-state index in [0.29, 0.717) is 5.02 Å². The van der Waals surface area contributed by atoms with Crippen LogP contribution in [0.2, 0.25) is 5.02 Å². The molecule has 17 heavy (non-hydrogen) atoms. The highest BCUT2D eigenvalue weighted by atomic mass is 35.5. The number of thiazole rings is 1. The second kappa shape index (κ2) is 4.53. The third kappa shape index (κ3) is 2.30. The molecule has 0 saturated carbocycles. The van der Waals surface area contributed by atoms with Crippen molar-refractivity contribution in [3.8, 4) is 0 Å². The number of hydrogen-bond donors (Lipinski definition) is 0. The lowest BCUT2D eigenvalue weighted by Crippen LogP contribution is -1.72. The Labute approximate surface area is 115 Å². The minimum Gasteiger partial charge on any atom is -0.228 e. The average molecular weight is 300 g/mol. The van der Waals surface area contributed by atoms with Gasteiger partial charge < -0.3 is 0 Å². The van der Waals surface area contributed by atoms with Crippen molar-refractivity contribution in [1.82, 2.24) is 15.2 Å². The summed E-state index contributed by atoms with van der Waals surface area (Å²) in [6, 6.07) is 5.81. The van der Waals surface area contributed by atoms with E-state index in [9.17, 15) is 0 Å². The van der Waals surface area contributed by atoms with Gasteiger partial charge in [-0.3, -0.25) is 0 Å². The van der Waals surface area contributed by atoms with E-state index >= 15 is 0 Å². The summed E-state index contributed by atoms with van der Waals surface area (Å²) in [5, 5.41) is 9.71. The summed E-state index contributed by atoms with van der Waals surface area (Å²) in [5.41, 5.74) is 0.864. The van der Waals surface area contributed by atoms with Gasteiger partial charge in [-0.15, -0.1) is 21.5 Å². The maximum absolute atomic E-state index is 6.09. The number of hydrogen-bond acceptors (Lipinski definition) is 6. The molecule has 2 heterocycles. The zero-order valence-electron chi connectivity index (χ0n) is 8.68. The zero-order chi connectivity index (χ0) is 11.8. The summed E-state index contributed by atoms with van der Waals surface area (Å²) in [6.07, 6.45) is 0. The number of benzene rings is 1. The van der Waals surface area contributed by atoms with Crippen molar-refractivity contribution in [1.29, 1.82) is 0 Å². The molecule has 2 aromatic heterocycles. The molecule has 0 radical (unpaired) electrons. The predicted molar refractivity (Wildman–Crippen MR) is 73.4 cm³/mol. The molecule has 0 amide bonds. The van der Waals surface area contributed by atoms with Crippen molar-refractivity contribution in [3.05, 3.63) is 28.2 Å². The molecule has 3 aromatic rings. The molecule has 3 rings (SSSR count). The van der Waals surface area contributed by atoms with E-state index in [4.69, 9.17) is 11.6 Å². The Morgan fingerprint density at radius 2 is 2.06 bits per heavy atom. The van der Waals surface area contributed by atoms with Crippen molar-refractivity contribution in [3.63, 3.8) is 0 Å². The van der Waals surface area contributed by atoms with Crippen LogP contribution in [0.25, 0.3) is 10.2 Å². The van der Waals surface area contributed by atoms with E-state index in [1.54, 1.807) is 22.7 Å². The third-order valence-corrected chi connectivity index (χ3v) is 5.31. The van der Waals surface area contributed by atoms with Crippen LogP contribution in [0, 0.1) is 6.92 Å². The predicted octanol–water partition coefficient (Wildman–Crippen LogP) is 4.26. The Morgan fingerprint density at radius 3 is 2.76 bits per heavy atom. The fourth-order valence-electron chi connectivity index (χ4n) is 1.33. The summed E-state index contributed by atoms with van der Waals surface area (Å²) in [7, 11) is 0. The average Bonchev–Trinajstić information content (AvgIpc) is 2.86. The molecule has 7 heteroatoms. The Bertz CT molecular complexity index is 676. The number of halogens is 1. The second-order valence-corrected chi connectivity index (χ2v) is 7.37. The Morgan fingerprint density at radius 1 is 1.18 bits per heavy atom. The van der Waals surface area contributed by atoms with Gasteiger partial charge in [0.05, 0.1) is 9.72 Å². The highest BCUT2D eigenvalue weighted by molar-refractivity contribution is 8.02. The zero-order valence-corrected chi connectivity index (χ0v) is 11.9. The summed E-state index contributed by atoms with van der Waals surface area (Å²) < 4.78 is 2.96. The van der Waals surface area contributed by atoms with Gasteiger partial charge in [-0.05, 0) is 30.8 Å². The lowest BCUT2D eigenvalue weighted by Gasteiger charge is -1.88. The number of fused-ring (bicyclic) bond motifs is 1. The van der Waals surface area contributed by atoms with Crippen LogP contribution in [-0.4, -0.2) is 15.2 Å². The first kappa shape index (κ1) is 11.4. The summed E-state index contributed by atoms with van der Waals surface area (Å²) >= 11 is 10.8. The van der Waals surface area contributed by atoms with Crippen LogP contribution >= 0.6 is 46.0 Å². The van der Waals surface area contributed by atoms with Gasteiger partial charge in [0.2, 0.25) is 0 Å². The van der Waals surface area contributed by atoms with Crippen molar-refractivity contribution >= 4 is 56.3 Å². The van der Waals surface area contributed by atoms with E-state index in [2.05, 4.69) is 15.2 Å². The van der Waals surface area contributed by atoms with Crippen LogP contribution in [0.3, 0.4) is 0 Å². The number of nitrogens with zero attached hydrogens (tertiary/aromatic N) is 3. The van der Waals surface area contributed by atoms with E-state index in [1.807, 2.05) is 25.1 Å². The molecule has 0 aliphatic rings. The lowest BCUT2D eigenvalue weighted by molar-refractivity contribution is 0.983. The first-order chi connectivity index (χ1) is 8.22. The highest BCUT2D eigenvalue weighted by Gasteiger charge is 2.10. The smallest absolute Gasteiger partial charge is 0.181 e. The normalized spacial score (nSPS) is 11.2. The summed E-state index contributed by atoms with van der Waals surface area (Å²) in [6.45, 7) is 1.94. The van der Waals surface area contributed by atoms with Crippen LogP contribution in [0.15, 0.2) is 26.9 Å². The standard InChI is InChI=1S/C10H6ClN3S3/c1-5-13-14-10(15-5)17-9-12-8-6(11)3-2-4-7(8)16-9/h2-4H,1H3. The number of para-hydroxylation sites is 1. The fraction of sp³-hybridized carbons (Fsp3) is 0.100. The van der Waals surface area contributed by atoms with Crippen LogP contribution in [-0.2, 0) is 0 Å². The lowest BCUT2D eigenvalue weighted by atomic mass is 10.3. The molecular weight excluding hydrogens is 294 g/mol. The molecule has 0 spiro atoms. The minimum atomic E-state index is 0.694. The van der Waals surface area contributed by atoms with E-state index < -0.39 is 0 Å². The number of aryl methyl sites for hydroxylation is 1. The molecule has 0 aliphatic heterocycles. The van der Waals surface area contributed by atoms with Crippen LogP contribution in [0.5, 0.6) is 0 Å². The second-order valence-electron chi connectivity index (χ2n) is 3.26. The van der Waals surface area contributed by atoms with Crippen molar-refractivity contribution < 1.29 is 0 Å². The summed E-state index contributed by atoms with van der Waals surface area (Å²) in [4.78, 5) is 4.51. The van der Waals surface area contributed by atoms with Gasteiger partial charge in [-0.25, -0.2) is 4.98 Å². The molecule has 0 atom stereocenters. The van der Waals surface area contributed by atoms with E-state index in [1.165, 1.54) is 11.8 Å². The maximum atomic E-state index is 6.09. The first-order valence-corrected chi connectivity index (χ1v) is 7.58. The van der Waals surface area contributed by atoms with Crippen LogP contribution in [0.1, 0.15) is 5.01 Å². The molecule has 0 unspecified atom stereocenters. The molecule has 0 aliphatic carbocycles. The van der Waals surface area contributed by atoms with Crippen LogP contribution in [0.4, 0.5) is 0 Å². The molecule has 0 bridgehead atoms. The Kier molecular flexibility index (Phi) is 3.04. The molecule has 0 fully saturated rings. The largest absolute Gasteiger partial charge is 0.228 e. The highest BCUT2D eigenvalue weighted by Crippen LogP contribution is 2.37. The molecule has 1 aromatic carbocycles. The quantitative estimate of drug-likeness (QED) is 0.708.